The van der Waals surface area contributed by atoms with Crippen molar-refractivity contribution in [3.05, 3.63) is 30.6 Å². The smallest absolute Gasteiger partial charge is 0.158 e. The van der Waals surface area contributed by atoms with Crippen molar-refractivity contribution in [3.8, 4) is 22.9 Å². The molecular weight excluding hydrogens is 180 g/mol. The van der Waals surface area contributed by atoms with Gasteiger partial charge in [0.25, 0.3) is 0 Å². The van der Waals surface area contributed by atoms with Gasteiger partial charge in [0, 0.05) is 25.0 Å². The Hall–Kier alpha value is -1.97. The van der Waals surface area contributed by atoms with Crippen molar-refractivity contribution in [2.24, 2.45) is 7.05 Å². The lowest BCUT2D eigenvalue weighted by atomic mass is 10.2. The predicted molar refractivity (Wildman–Crippen MR) is 52.0 cm³/mol. The second-order valence-electron chi connectivity index (χ2n) is 3.07. The van der Waals surface area contributed by atoms with E-state index in [0.717, 1.165) is 11.4 Å². The molecule has 0 aliphatic heterocycles. The van der Waals surface area contributed by atoms with Gasteiger partial charge >= 0.3 is 0 Å². The van der Waals surface area contributed by atoms with Crippen molar-refractivity contribution in [1.82, 2.24) is 9.55 Å². The van der Waals surface area contributed by atoms with Gasteiger partial charge in [0.05, 0.1) is 0 Å². The van der Waals surface area contributed by atoms with Gasteiger partial charge in [-0.1, -0.05) is 0 Å². The SMILES string of the molecule is Cn1ccnc1-c1ccc(O)c(O)c1. The highest BCUT2D eigenvalue weighted by Crippen LogP contribution is 2.29. The second kappa shape index (κ2) is 3.06. The number of nitrogens with zero attached hydrogens (tertiary/aromatic N) is 2. The number of hydrogen-bond acceptors (Lipinski definition) is 3. The van der Waals surface area contributed by atoms with Crippen LogP contribution >= 0.6 is 0 Å². The van der Waals surface area contributed by atoms with E-state index in [0.29, 0.717) is 0 Å². The number of aryl methyl sites for hydroxylation is 1. The molecule has 0 spiro atoms. The van der Waals surface area contributed by atoms with Gasteiger partial charge in [-0.25, -0.2) is 4.98 Å². The number of phenols is 2. The number of hydrogen-bond donors (Lipinski definition) is 2. The molecule has 1 heterocycles. The van der Waals surface area contributed by atoms with Crippen LogP contribution in [-0.2, 0) is 7.05 Å². The van der Waals surface area contributed by atoms with Crippen molar-refractivity contribution >= 4 is 0 Å². The topological polar surface area (TPSA) is 58.3 Å². The average molecular weight is 190 g/mol. The molecule has 2 rings (SSSR count). The highest BCUT2D eigenvalue weighted by atomic mass is 16.3. The molecule has 0 saturated heterocycles. The van der Waals surface area contributed by atoms with Crippen LogP contribution in [0.1, 0.15) is 0 Å². The van der Waals surface area contributed by atoms with E-state index in [1.165, 1.54) is 12.1 Å². The van der Waals surface area contributed by atoms with Crippen LogP contribution in [-0.4, -0.2) is 19.8 Å². The van der Waals surface area contributed by atoms with Gasteiger partial charge in [-0.2, -0.15) is 0 Å². The Morgan fingerprint density at radius 2 is 2.00 bits per heavy atom. The monoisotopic (exact) mass is 190 g/mol. The first-order valence-corrected chi connectivity index (χ1v) is 4.18. The van der Waals surface area contributed by atoms with Crippen molar-refractivity contribution in [2.75, 3.05) is 0 Å². The Balaban J connectivity index is 2.53. The molecule has 14 heavy (non-hydrogen) atoms. The standard InChI is InChI=1S/C10H10N2O2/c1-12-5-4-11-10(12)7-2-3-8(13)9(14)6-7/h2-6,13-14H,1H3. The zero-order valence-electron chi connectivity index (χ0n) is 7.68. The summed E-state index contributed by atoms with van der Waals surface area (Å²) in [6, 6.07) is 4.63. The summed E-state index contributed by atoms with van der Waals surface area (Å²) in [5.74, 6) is 0.494. The Morgan fingerprint density at radius 1 is 1.21 bits per heavy atom. The molecule has 4 nitrogen and oxygen atoms in total. The van der Waals surface area contributed by atoms with Gasteiger partial charge in [-0.05, 0) is 18.2 Å². The van der Waals surface area contributed by atoms with E-state index in [-0.39, 0.29) is 11.5 Å². The van der Waals surface area contributed by atoms with Gasteiger partial charge in [0.2, 0.25) is 0 Å². The first kappa shape index (κ1) is 8.62. The molecule has 0 unspecified atom stereocenters. The average Bonchev–Trinajstić information content (AvgIpc) is 2.57. The lowest BCUT2D eigenvalue weighted by Gasteiger charge is -2.03. The molecule has 0 radical (unpaired) electrons. The number of imidazole rings is 1. The van der Waals surface area contributed by atoms with E-state index in [2.05, 4.69) is 4.98 Å². The third-order valence-corrected chi connectivity index (χ3v) is 2.05. The molecule has 0 saturated carbocycles. The van der Waals surface area contributed by atoms with Gasteiger partial charge in [0.1, 0.15) is 5.82 Å². The maximum atomic E-state index is 9.30. The minimum absolute atomic E-state index is 0.122. The normalized spacial score (nSPS) is 10.4. The summed E-state index contributed by atoms with van der Waals surface area (Å²) < 4.78 is 1.84. The molecule has 0 fully saturated rings. The molecular formula is C10H10N2O2. The minimum Gasteiger partial charge on any atom is -0.504 e. The molecule has 1 aromatic heterocycles. The lowest BCUT2D eigenvalue weighted by Crippen LogP contribution is -1.90. The Bertz CT molecular complexity index is 463. The summed E-state index contributed by atoms with van der Waals surface area (Å²) >= 11 is 0. The van der Waals surface area contributed by atoms with E-state index >= 15 is 0 Å². The molecule has 72 valence electrons. The van der Waals surface area contributed by atoms with Gasteiger partial charge in [-0.3, -0.25) is 0 Å². The Labute approximate surface area is 81.1 Å². The maximum absolute atomic E-state index is 9.30. The Morgan fingerprint density at radius 3 is 2.57 bits per heavy atom. The molecule has 2 aromatic rings. The van der Waals surface area contributed by atoms with Crippen molar-refractivity contribution in [2.45, 2.75) is 0 Å². The van der Waals surface area contributed by atoms with E-state index < -0.39 is 0 Å². The lowest BCUT2D eigenvalue weighted by molar-refractivity contribution is 0.404. The van der Waals surface area contributed by atoms with Crippen LogP contribution in [0.25, 0.3) is 11.4 Å². The molecule has 0 aliphatic carbocycles. The fourth-order valence-corrected chi connectivity index (χ4v) is 1.31. The van der Waals surface area contributed by atoms with Gasteiger partial charge in [-0.15, -0.1) is 0 Å². The number of aromatic hydroxyl groups is 2. The zero-order chi connectivity index (χ0) is 10.1. The Kier molecular flexibility index (Phi) is 1.89. The molecule has 0 amide bonds. The molecule has 1 aromatic carbocycles. The van der Waals surface area contributed by atoms with Crippen LogP contribution in [0.4, 0.5) is 0 Å². The quantitative estimate of drug-likeness (QED) is 0.670. The highest BCUT2D eigenvalue weighted by molar-refractivity contribution is 5.60. The third kappa shape index (κ3) is 1.31. The molecule has 4 heteroatoms. The summed E-state index contributed by atoms with van der Waals surface area (Å²) in [7, 11) is 1.87. The fourth-order valence-electron chi connectivity index (χ4n) is 1.31. The van der Waals surface area contributed by atoms with Crippen LogP contribution in [0.15, 0.2) is 30.6 Å². The molecule has 0 bridgehead atoms. The third-order valence-electron chi connectivity index (χ3n) is 2.05. The van der Waals surface area contributed by atoms with Crippen LogP contribution in [0.5, 0.6) is 11.5 Å². The minimum atomic E-state index is -0.134. The second-order valence-corrected chi connectivity index (χ2v) is 3.07. The highest BCUT2D eigenvalue weighted by Gasteiger charge is 2.06. The van der Waals surface area contributed by atoms with Crippen molar-refractivity contribution in [3.63, 3.8) is 0 Å². The summed E-state index contributed by atoms with van der Waals surface area (Å²) in [6.45, 7) is 0. The fraction of sp³-hybridized carbons (Fsp3) is 0.100. The number of aromatic nitrogens is 2. The largest absolute Gasteiger partial charge is 0.504 e. The molecule has 0 aliphatic rings. The number of phenolic OH excluding ortho intramolecular Hbond substituents is 2. The predicted octanol–water partition coefficient (Wildman–Crippen LogP) is 1.50. The van der Waals surface area contributed by atoms with E-state index in [1.54, 1.807) is 12.3 Å². The summed E-state index contributed by atoms with van der Waals surface area (Å²) in [4.78, 5) is 4.13. The first-order valence-electron chi connectivity index (χ1n) is 4.18. The van der Waals surface area contributed by atoms with E-state index in [9.17, 15) is 5.11 Å². The van der Waals surface area contributed by atoms with Gasteiger partial charge in [0.15, 0.2) is 11.5 Å². The van der Waals surface area contributed by atoms with Crippen LogP contribution in [0.2, 0.25) is 0 Å². The van der Waals surface area contributed by atoms with Crippen LogP contribution in [0, 0.1) is 0 Å². The van der Waals surface area contributed by atoms with Crippen molar-refractivity contribution in [1.29, 1.82) is 0 Å². The first-order chi connectivity index (χ1) is 6.68. The van der Waals surface area contributed by atoms with Crippen LogP contribution in [0.3, 0.4) is 0 Å². The summed E-state index contributed by atoms with van der Waals surface area (Å²) in [5, 5.41) is 18.4. The molecule has 2 N–H and O–H groups in total. The van der Waals surface area contributed by atoms with E-state index in [1.807, 2.05) is 17.8 Å². The summed E-state index contributed by atoms with van der Waals surface area (Å²) in [5.41, 5.74) is 0.771. The zero-order valence-corrected chi connectivity index (χ0v) is 7.68. The molecule has 0 atom stereocenters. The van der Waals surface area contributed by atoms with Crippen LogP contribution < -0.4 is 0 Å². The van der Waals surface area contributed by atoms with E-state index in [4.69, 9.17) is 5.11 Å². The van der Waals surface area contributed by atoms with Crippen molar-refractivity contribution < 1.29 is 10.2 Å². The number of benzene rings is 1. The summed E-state index contributed by atoms with van der Waals surface area (Å²) in [6.07, 6.45) is 3.50. The van der Waals surface area contributed by atoms with Gasteiger partial charge < -0.3 is 14.8 Å². The number of rotatable bonds is 1. The maximum Gasteiger partial charge on any atom is 0.158 e.